The number of aryl methyl sites for hydroxylation is 2. The second-order valence-electron chi connectivity index (χ2n) is 4.51. The molecule has 19 heavy (non-hydrogen) atoms. The van der Waals surface area contributed by atoms with E-state index in [0.29, 0.717) is 16.9 Å². The molecule has 0 unspecified atom stereocenters. The van der Waals surface area contributed by atoms with Gasteiger partial charge in [0.2, 0.25) is 0 Å². The second kappa shape index (κ2) is 4.71. The van der Waals surface area contributed by atoms with E-state index in [-0.39, 0.29) is 5.91 Å². The predicted octanol–water partition coefficient (Wildman–Crippen LogP) is 0.748. The number of nitrogens with one attached hydrogen (secondary N) is 2. The van der Waals surface area contributed by atoms with Gasteiger partial charge in [0.1, 0.15) is 0 Å². The van der Waals surface area contributed by atoms with Crippen molar-refractivity contribution in [2.24, 2.45) is 0 Å². The average molecular weight is 278 g/mol. The Labute approximate surface area is 114 Å². The van der Waals surface area contributed by atoms with E-state index in [1.165, 1.54) is 11.3 Å². The minimum atomic E-state index is -0.271. The fraction of sp³-hybridized carbons (Fsp3) is 0.455. The molecule has 2 N–H and O–H groups in total. The molecule has 3 heterocycles. The van der Waals surface area contributed by atoms with Gasteiger partial charge in [0.05, 0.1) is 17.9 Å². The molecule has 0 bridgehead atoms. The summed E-state index contributed by atoms with van der Waals surface area (Å²) in [4.78, 5) is 17.4. The van der Waals surface area contributed by atoms with Crippen LogP contribution in [0.1, 0.15) is 27.1 Å². The molecule has 1 fully saturated rings. The lowest BCUT2D eigenvalue weighted by Gasteiger charge is -2.26. The van der Waals surface area contributed by atoms with Gasteiger partial charge in [-0.2, -0.15) is 0 Å². The van der Waals surface area contributed by atoms with E-state index >= 15 is 0 Å². The number of rotatable bonds is 3. The van der Waals surface area contributed by atoms with Gasteiger partial charge in [-0.3, -0.25) is 10.1 Å². The Hall–Kier alpha value is -1.80. The molecule has 8 heteroatoms. The maximum Gasteiger partial charge on any atom is 0.279 e. The maximum absolute atomic E-state index is 12.0. The van der Waals surface area contributed by atoms with Gasteiger partial charge in [-0.15, -0.1) is 16.4 Å². The molecule has 0 aliphatic carbocycles. The van der Waals surface area contributed by atoms with Gasteiger partial charge in [-0.1, -0.05) is 5.21 Å². The number of carbonyl (C=O) groups is 1. The molecule has 0 aromatic carbocycles. The first kappa shape index (κ1) is 12.2. The van der Waals surface area contributed by atoms with E-state index < -0.39 is 0 Å². The number of hydrogen-bond donors (Lipinski definition) is 2. The maximum atomic E-state index is 12.0. The first-order valence-electron chi connectivity index (χ1n) is 6.01. The van der Waals surface area contributed by atoms with Gasteiger partial charge in [-0.25, -0.2) is 9.67 Å². The molecule has 7 nitrogen and oxygen atoms in total. The van der Waals surface area contributed by atoms with Crippen molar-refractivity contribution in [1.29, 1.82) is 0 Å². The summed E-state index contributed by atoms with van der Waals surface area (Å²) >= 11 is 1.46. The molecule has 1 saturated heterocycles. The molecule has 0 spiro atoms. The van der Waals surface area contributed by atoms with Crippen LogP contribution >= 0.6 is 11.3 Å². The van der Waals surface area contributed by atoms with E-state index in [0.717, 1.165) is 23.7 Å². The highest BCUT2D eigenvalue weighted by Crippen LogP contribution is 2.21. The summed E-state index contributed by atoms with van der Waals surface area (Å²) in [5.41, 5.74) is 1.25. The average Bonchev–Trinajstić information content (AvgIpc) is 2.85. The Morgan fingerprint density at radius 2 is 2.32 bits per heavy atom. The smallest absolute Gasteiger partial charge is 0.279 e. The molecule has 2 aromatic heterocycles. The normalized spacial score (nSPS) is 15.3. The van der Waals surface area contributed by atoms with Crippen molar-refractivity contribution in [3.63, 3.8) is 0 Å². The summed E-state index contributed by atoms with van der Waals surface area (Å²) in [5.74, 6) is -0.271. The fourth-order valence-electron chi connectivity index (χ4n) is 1.71. The number of amides is 1. The summed E-state index contributed by atoms with van der Waals surface area (Å²) < 4.78 is 1.73. The lowest BCUT2D eigenvalue weighted by molar-refractivity contribution is 0.102. The SMILES string of the molecule is Cc1nc(NC(=O)c2cn(C3CNC3)nn2)sc1C. The number of nitrogens with zero attached hydrogens (tertiary/aromatic N) is 4. The van der Waals surface area contributed by atoms with E-state index in [2.05, 4.69) is 25.9 Å². The highest BCUT2D eigenvalue weighted by atomic mass is 32.1. The third-order valence-electron chi connectivity index (χ3n) is 3.13. The first-order valence-corrected chi connectivity index (χ1v) is 6.83. The van der Waals surface area contributed by atoms with Crippen LogP contribution in [0.15, 0.2) is 6.20 Å². The highest BCUT2D eigenvalue weighted by Gasteiger charge is 2.22. The van der Waals surface area contributed by atoms with Crippen molar-refractivity contribution in [3.05, 3.63) is 22.5 Å². The van der Waals surface area contributed by atoms with Gasteiger partial charge >= 0.3 is 0 Å². The molecule has 0 radical (unpaired) electrons. The molecular formula is C11H14N6OS. The molecule has 1 aliphatic rings. The van der Waals surface area contributed by atoms with Crippen molar-refractivity contribution >= 4 is 22.4 Å². The summed E-state index contributed by atoms with van der Waals surface area (Å²) in [5, 5.41) is 14.4. The van der Waals surface area contributed by atoms with Crippen LogP contribution in [-0.2, 0) is 0 Å². The Balaban J connectivity index is 1.71. The van der Waals surface area contributed by atoms with E-state index in [1.807, 2.05) is 13.8 Å². The predicted molar refractivity (Wildman–Crippen MR) is 71.5 cm³/mol. The van der Waals surface area contributed by atoms with Crippen LogP contribution in [0.5, 0.6) is 0 Å². The monoisotopic (exact) mass is 278 g/mol. The van der Waals surface area contributed by atoms with Crippen LogP contribution in [0, 0.1) is 13.8 Å². The third kappa shape index (κ3) is 2.36. The van der Waals surface area contributed by atoms with Crippen LogP contribution < -0.4 is 10.6 Å². The summed E-state index contributed by atoms with van der Waals surface area (Å²) in [6.45, 7) is 5.63. The molecule has 1 amide bonds. The third-order valence-corrected chi connectivity index (χ3v) is 4.11. The van der Waals surface area contributed by atoms with Crippen molar-refractivity contribution in [2.75, 3.05) is 18.4 Å². The largest absolute Gasteiger partial charge is 0.312 e. The van der Waals surface area contributed by atoms with Crippen molar-refractivity contribution in [1.82, 2.24) is 25.3 Å². The van der Waals surface area contributed by atoms with E-state index in [4.69, 9.17) is 0 Å². The van der Waals surface area contributed by atoms with Gasteiger partial charge < -0.3 is 5.32 Å². The topological polar surface area (TPSA) is 84.7 Å². The molecule has 100 valence electrons. The van der Waals surface area contributed by atoms with Gasteiger partial charge in [0, 0.05) is 18.0 Å². The summed E-state index contributed by atoms with van der Waals surface area (Å²) in [7, 11) is 0. The number of hydrogen-bond acceptors (Lipinski definition) is 6. The van der Waals surface area contributed by atoms with Gasteiger partial charge in [0.15, 0.2) is 10.8 Å². The van der Waals surface area contributed by atoms with Crippen molar-refractivity contribution < 1.29 is 4.79 Å². The lowest BCUT2D eigenvalue weighted by atomic mass is 10.2. The van der Waals surface area contributed by atoms with Crippen LogP contribution in [-0.4, -0.2) is 39.0 Å². The zero-order chi connectivity index (χ0) is 13.4. The van der Waals surface area contributed by atoms with Crippen LogP contribution in [0.2, 0.25) is 0 Å². The highest BCUT2D eigenvalue weighted by molar-refractivity contribution is 7.15. The molecule has 0 atom stereocenters. The van der Waals surface area contributed by atoms with Gasteiger partial charge in [-0.05, 0) is 13.8 Å². The number of anilines is 1. The van der Waals surface area contributed by atoms with Crippen LogP contribution in [0.3, 0.4) is 0 Å². The molecular weight excluding hydrogens is 264 g/mol. The molecule has 1 aliphatic heterocycles. The molecule has 3 rings (SSSR count). The number of aromatic nitrogens is 4. The van der Waals surface area contributed by atoms with E-state index in [9.17, 15) is 4.79 Å². The minimum absolute atomic E-state index is 0.271. The Bertz CT molecular complexity index is 595. The first-order chi connectivity index (χ1) is 9.13. The van der Waals surface area contributed by atoms with Gasteiger partial charge in [0.25, 0.3) is 5.91 Å². The zero-order valence-corrected chi connectivity index (χ0v) is 11.5. The van der Waals surface area contributed by atoms with Crippen LogP contribution in [0.4, 0.5) is 5.13 Å². The van der Waals surface area contributed by atoms with Crippen molar-refractivity contribution in [2.45, 2.75) is 19.9 Å². The molecule has 2 aromatic rings. The number of carbonyl (C=O) groups excluding carboxylic acids is 1. The van der Waals surface area contributed by atoms with E-state index in [1.54, 1.807) is 10.9 Å². The minimum Gasteiger partial charge on any atom is -0.312 e. The Morgan fingerprint density at radius 3 is 2.89 bits per heavy atom. The van der Waals surface area contributed by atoms with Crippen molar-refractivity contribution in [3.8, 4) is 0 Å². The second-order valence-corrected chi connectivity index (χ2v) is 5.71. The Morgan fingerprint density at radius 1 is 1.53 bits per heavy atom. The Kier molecular flexibility index (Phi) is 3.03. The fourth-order valence-corrected chi connectivity index (χ4v) is 2.52. The quantitative estimate of drug-likeness (QED) is 0.865. The molecule has 0 saturated carbocycles. The summed E-state index contributed by atoms with van der Waals surface area (Å²) in [6.07, 6.45) is 1.67. The zero-order valence-electron chi connectivity index (χ0n) is 10.7. The number of thiazole rings is 1. The standard InChI is InChI=1S/C11H14N6OS/c1-6-7(2)19-11(13-6)14-10(18)9-5-17(16-15-9)8-3-12-4-8/h5,8,12H,3-4H2,1-2H3,(H,13,14,18). The lowest BCUT2D eigenvalue weighted by Crippen LogP contribution is -2.43. The summed E-state index contributed by atoms with van der Waals surface area (Å²) in [6, 6.07) is 0.304. The van der Waals surface area contributed by atoms with Crippen LogP contribution in [0.25, 0.3) is 0 Å².